The predicted molar refractivity (Wildman–Crippen MR) is 129 cm³/mol. The van der Waals surface area contributed by atoms with Gasteiger partial charge in [0.25, 0.3) is 5.56 Å². The second kappa shape index (κ2) is 7.17. The van der Waals surface area contributed by atoms with Gasteiger partial charge in [-0.1, -0.05) is 42.5 Å². The first kappa shape index (κ1) is 19.5. The quantitative estimate of drug-likeness (QED) is 0.359. The first-order valence-corrected chi connectivity index (χ1v) is 10.6. The summed E-state index contributed by atoms with van der Waals surface area (Å²) >= 11 is 0. The van der Waals surface area contributed by atoms with E-state index in [1.165, 1.54) is 0 Å². The molecule has 1 aliphatic rings. The molecular weight excluding hydrogens is 418 g/mol. The Morgan fingerprint density at radius 2 is 1.61 bits per heavy atom. The Labute approximate surface area is 189 Å². The van der Waals surface area contributed by atoms with Crippen molar-refractivity contribution in [2.24, 2.45) is 7.05 Å². The highest BCUT2D eigenvalue weighted by molar-refractivity contribution is 6.19. The molecule has 6 nitrogen and oxygen atoms in total. The molecule has 2 heterocycles. The number of fused-ring (bicyclic) bond motifs is 7. The zero-order chi connectivity index (χ0) is 22.7. The minimum atomic E-state index is -0.136. The van der Waals surface area contributed by atoms with E-state index in [0.29, 0.717) is 28.4 Å². The molecule has 1 aromatic heterocycles. The van der Waals surface area contributed by atoms with Crippen LogP contribution in [0.3, 0.4) is 0 Å². The van der Waals surface area contributed by atoms with E-state index >= 15 is 0 Å². The standard InChI is InChI=1S/C27H21NO5/c1-28-24-18(16-11-12-20-26(33-14-32-20)23(16)27(28)29)10-9-17-19(24)13-21(30-2)25(31-3)22(17)15-7-5-4-6-8-15/h4-13H,14H2,1-3H3. The molecule has 0 N–H and O–H groups in total. The number of hydrogen-bond donors (Lipinski definition) is 0. The molecule has 164 valence electrons. The minimum Gasteiger partial charge on any atom is -0.493 e. The van der Waals surface area contributed by atoms with Gasteiger partial charge in [-0.05, 0) is 29.1 Å². The molecule has 0 radical (unpaired) electrons. The lowest BCUT2D eigenvalue weighted by Gasteiger charge is -2.19. The van der Waals surface area contributed by atoms with E-state index in [4.69, 9.17) is 18.9 Å². The van der Waals surface area contributed by atoms with Gasteiger partial charge in [0.05, 0.1) is 25.1 Å². The van der Waals surface area contributed by atoms with Crippen molar-refractivity contribution in [3.63, 3.8) is 0 Å². The van der Waals surface area contributed by atoms with E-state index in [0.717, 1.165) is 38.2 Å². The highest BCUT2D eigenvalue weighted by atomic mass is 16.7. The maximum absolute atomic E-state index is 13.5. The zero-order valence-corrected chi connectivity index (χ0v) is 18.5. The van der Waals surface area contributed by atoms with Crippen LogP contribution in [0.4, 0.5) is 0 Å². The Kier molecular flexibility index (Phi) is 4.23. The van der Waals surface area contributed by atoms with Gasteiger partial charge in [0.1, 0.15) is 0 Å². The molecule has 0 saturated carbocycles. The van der Waals surface area contributed by atoms with Crippen molar-refractivity contribution in [3.8, 4) is 34.1 Å². The van der Waals surface area contributed by atoms with E-state index in [2.05, 4.69) is 12.1 Å². The molecule has 0 amide bonds. The summed E-state index contributed by atoms with van der Waals surface area (Å²) in [7, 11) is 5.05. The van der Waals surface area contributed by atoms with E-state index in [1.807, 2.05) is 48.5 Å². The summed E-state index contributed by atoms with van der Waals surface area (Å²) in [5, 5.41) is 4.19. The molecule has 0 aliphatic carbocycles. The van der Waals surface area contributed by atoms with Crippen LogP contribution >= 0.6 is 0 Å². The number of methoxy groups -OCH3 is 2. The second-order valence-corrected chi connectivity index (χ2v) is 8.00. The van der Waals surface area contributed by atoms with Gasteiger partial charge in [0.2, 0.25) is 6.79 Å². The number of ether oxygens (including phenoxy) is 4. The highest BCUT2D eigenvalue weighted by Gasteiger charge is 2.24. The number of rotatable bonds is 3. The van der Waals surface area contributed by atoms with Crippen molar-refractivity contribution in [2.45, 2.75) is 0 Å². The minimum absolute atomic E-state index is 0.116. The first-order valence-electron chi connectivity index (χ1n) is 10.6. The number of hydrogen-bond acceptors (Lipinski definition) is 5. The van der Waals surface area contributed by atoms with Crippen molar-refractivity contribution >= 4 is 32.4 Å². The molecule has 0 fully saturated rings. The van der Waals surface area contributed by atoms with Crippen molar-refractivity contribution in [1.82, 2.24) is 4.57 Å². The summed E-state index contributed by atoms with van der Waals surface area (Å²) < 4.78 is 24.4. The van der Waals surface area contributed by atoms with Gasteiger partial charge in [-0.3, -0.25) is 4.79 Å². The Hall–Kier alpha value is -4.19. The molecule has 6 heteroatoms. The van der Waals surface area contributed by atoms with E-state index in [-0.39, 0.29) is 12.4 Å². The van der Waals surface area contributed by atoms with E-state index < -0.39 is 0 Å². The van der Waals surface area contributed by atoms with Crippen LogP contribution in [0, 0.1) is 0 Å². The lowest BCUT2D eigenvalue weighted by Crippen LogP contribution is -2.18. The van der Waals surface area contributed by atoms with Crippen molar-refractivity contribution < 1.29 is 18.9 Å². The third-order valence-corrected chi connectivity index (χ3v) is 6.38. The third-order valence-electron chi connectivity index (χ3n) is 6.38. The normalized spacial score (nSPS) is 12.6. The fourth-order valence-corrected chi connectivity index (χ4v) is 4.92. The summed E-state index contributed by atoms with van der Waals surface area (Å²) in [6.45, 7) is 0.116. The average molecular weight is 439 g/mol. The Morgan fingerprint density at radius 1 is 0.848 bits per heavy atom. The molecule has 0 bridgehead atoms. The smallest absolute Gasteiger partial charge is 0.262 e. The van der Waals surface area contributed by atoms with Crippen LogP contribution in [0.1, 0.15) is 0 Å². The lowest BCUT2D eigenvalue weighted by atomic mass is 9.93. The third kappa shape index (κ3) is 2.64. The summed E-state index contributed by atoms with van der Waals surface area (Å²) in [4.78, 5) is 13.5. The number of benzene rings is 4. The van der Waals surface area contributed by atoms with Crippen molar-refractivity contribution in [3.05, 3.63) is 71.0 Å². The van der Waals surface area contributed by atoms with Gasteiger partial charge in [0, 0.05) is 28.8 Å². The molecule has 0 atom stereocenters. The Bertz CT molecular complexity index is 1640. The average Bonchev–Trinajstić information content (AvgIpc) is 3.34. The van der Waals surface area contributed by atoms with Crippen LogP contribution in [0.2, 0.25) is 0 Å². The summed E-state index contributed by atoms with van der Waals surface area (Å²) in [6, 6.07) is 19.9. The summed E-state index contributed by atoms with van der Waals surface area (Å²) in [5.41, 5.74) is 2.62. The maximum atomic E-state index is 13.5. The molecule has 0 saturated heterocycles. The van der Waals surface area contributed by atoms with Gasteiger partial charge >= 0.3 is 0 Å². The topological polar surface area (TPSA) is 58.9 Å². The van der Waals surface area contributed by atoms with Gasteiger partial charge in [-0.15, -0.1) is 0 Å². The number of aromatic nitrogens is 1. The summed E-state index contributed by atoms with van der Waals surface area (Å²) in [5.74, 6) is 2.36. The van der Waals surface area contributed by atoms with Crippen LogP contribution < -0.4 is 24.5 Å². The number of nitrogens with zero attached hydrogens (tertiary/aromatic N) is 1. The SMILES string of the molecule is COc1cc2c(ccc3c4ccc5c(c4c(=O)n(C)c23)OCO5)c(-c2ccccc2)c1OC. The van der Waals surface area contributed by atoms with Crippen LogP contribution in [-0.4, -0.2) is 25.6 Å². The van der Waals surface area contributed by atoms with E-state index in [1.54, 1.807) is 25.8 Å². The van der Waals surface area contributed by atoms with E-state index in [9.17, 15) is 4.79 Å². The van der Waals surface area contributed by atoms with Gasteiger partial charge < -0.3 is 23.5 Å². The predicted octanol–water partition coefficient (Wildman–Crippen LogP) is 5.26. The Balaban J connectivity index is 1.83. The van der Waals surface area contributed by atoms with Crippen molar-refractivity contribution in [2.75, 3.05) is 21.0 Å². The van der Waals surface area contributed by atoms with Gasteiger partial charge in [0.15, 0.2) is 23.0 Å². The molecular formula is C27H21NO5. The molecule has 33 heavy (non-hydrogen) atoms. The fourth-order valence-electron chi connectivity index (χ4n) is 4.92. The largest absolute Gasteiger partial charge is 0.493 e. The number of aryl methyl sites for hydroxylation is 1. The number of pyridine rings is 1. The molecule has 4 aromatic carbocycles. The van der Waals surface area contributed by atoms with Gasteiger partial charge in [-0.2, -0.15) is 0 Å². The highest BCUT2D eigenvalue weighted by Crippen LogP contribution is 2.47. The lowest BCUT2D eigenvalue weighted by molar-refractivity contribution is 0.174. The Morgan fingerprint density at radius 3 is 2.36 bits per heavy atom. The fraction of sp³-hybridized carbons (Fsp3) is 0.148. The summed E-state index contributed by atoms with van der Waals surface area (Å²) in [6.07, 6.45) is 0. The molecule has 5 aromatic rings. The second-order valence-electron chi connectivity index (χ2n) is 8.00. The monoisotopic (exact) mass is 439 g/mol. The molecule has 1 aliphatic heterocycles. The van der Waals surface area contributed by atoms with Crippen LogP contribution in [0.15, 0.2) is 65.5 Å². The van der Waals surface area contributed by atoms with Gasteiger partial charge in [-0.25, -0.2) is 0 Å². The van der Waals surface area contributed by atoms with Crippen LogP contribution in [0.5, 0.6) is 23.0 Å². The van der Waals surface area contributed by atoms with Crippen LogP contribution in [0.25, 0.3) is 43.6 Å². The molecule has 6 rings (SSSR count). The van der Waals surface area contributed by atoms with Crippen molar-refractivity contribution in [1.29, 1.82) is 0 Å². The first-order chi connectivity index (χ1) is 16.1. The zero-order valence-electron chi connectivity index (χ0n) is 18.5. The molecule has 0 unspecified atom stereocenters. The maximum Gasteiger partial charge on any atom is 0.262 e. The molecule has 0 spiro atoms. The van der Waals surface area contributed by atoms with Crippen LogP contribution in [-0.2, 0) is 7.05 Å².